The molecule has 0 aliphatic carbocycles. The topological polar surface area (TPSA) is 37.8 Å². The molecule has 0 bridgehead atoms. The molecule has 2 aromatic rings. The van der Waals surface area contributed by atoms with Gasteiger partial charge in [0, 0.05) is 16.6 Å². The van der Waals surface area contributed by atoms with Gasteiger partial charge in [-0.2, -0.15) is 13.2 Å². The molecule has 0 amide bonds. The van der Waals surface area contributed by atoms with Crippen molar-refractivity contribution in [3.63, 3.8) is 0 Å². The lowest BCUT2D eigenvalue weighted by Gasteiger charge is -2.10. The first-order valence-corrected chi connectivity index (χ1v) is 7.01. The molecule has 1 aromatic heterocycles. The first kappa shape index (κ1) is 14.9. The Morgan fingerprint density at radius 3 is 2.60 bits per heavy atom. The average Bonchev–Trinajstić information content (AvgIpc) is 2.37. The molecular weight excluding hydrogens is 311 g/mol. The van der Waals surface area contributed by atoms with E-state index in [0.29, 0.717) is 5.69 Å². The van der Waals surface area contributed by atoms with Gasteiger partial charge in [0.1, 0.15) is 5.82 Å². The standard InChI is InChI=1S/C12H9ClF3N3S/c1-20-8-4-2-3-7(5-8)17-10-6-9(12(14,15)16)18-11(13)19-10/h2-6H,1H3,(H,17,18,19). The van der Waals surface area contributed by atoms with E-state index >= 15 is 0 Å². The molecule has 106 valence electrons. The molecule has 0 spiro atoms. The van der Waals surface area contributed by atoms with Crippen molar-refractivity contribution in [3.05, 3.63) is 41.3 Å². The van der Waals surface area contributed by atoms with Gasteiger partial charge in [0.05, 0.1) is 0 Å². The molecule has 0 saturated carbocycles. The number of alkyl halides is 3. The van der Waals surface area contributed by atoms with Crippen molar-refractivity contribution in [2.75, 3.05) is 11.6 Å². The summed E-state index contributed by atoms with van der Waals surface area (Å²) in [6, 6.07) is 8.03. The van der Waals surface area contributed by atoms with Crippen LogP contribution in [0.2, 0.25) is 5.28 Å². The molecule has 1 N–H and O–H groups in total. The maximum Gasteiger partial charge on any atom is 0.433 e. The molecule has 3 nitrogen and oxygen atoms in total. The van der Waals surface area contributed by atoms with Crippen LogP contribution in [0.5, 0.6) is 0 Å². The minimum atomic E-state index is -4.57. The third-order valence-corrected chi connectivity index (χ3v) is 3.23. The number of thioether (sulfide) groups is 1. The molecule has 1 aromatic carbocycles. The third kappa shape index (κ3) is 3.77. The Labute approximate surface area is 122 Å². The van der Waals surface area contributed by atoms with E-state index < -0.39 is 17.2 Å². The second-order valence-electron chi connectivity index (χ2n) is 3.76. The largest absolute Gasteiger partial charge is 0.433 e. The summed E-state index contributed by atoms with van der Waals surface area (Å²) in [4.78, 5) is 7.88. The third-order valence-electron chi connectivity index (χ3n) is 2.33. The monoisotopic (exact) mass is 319 g/mol. The smallest absolute Gasteiger partial charge is 0.340 e. The number of rotatable bonds is 3. The quantitative estimate of drug-likeness (QED) is 0.662. The zero-order valence-electron chi connectivity index (χ0n) is 10.2. The van der Waals surface area contributed by atoms with E-state index in [-0.39, 0.29) is 5.82 Å². The van der Waals surface area contributed by atoms with Gasteiger partial charge in [-0.3, -0.25) is 0 Å². The summed E-state index contributed by atoms with van der Waals surface area (Å²) in [5.41, 5.74) is -0.458. The number of nitrogens with zero attached hydrogens (tertiary/aromatic N) is 2. The number of aromatic nitrogens is 2. The van der Waals surface area contributed by atoms with Crippen LogP contribution < -0.4 is 5.32 Å². The summed E-state index contributed by atoms with van der Waals surface area (Å²) in [6.45, 7) is 0. The van der Waals surface area contributed by atoms with Gasteiger partial charge in [-0.1, -0.05) is 6.07 Å². The fourth-order valence-corrected chi connectivity index (χ4v) is 2.12. The summed E-state index contributed by atoms with van der Waals surface area (Å²) in [7, 11) is 0. The zero-order chi connectivity index (χ0) is 14.8. The Balaban J connectivity index is 2.31. The van der Waals surface area contributed by atoms with Gasteiger partial charge >= 0.3 is 6.18 Å². The Morgan fingerprint density at radius 1 is 1.20 bits per heavy atom. The molecular formula is C12H9ClF3N3S. The van der Waals surface area contributed by atoms with Crippen LogP contribution >= 0.6 is 23.4 Å². The van der Waals surface area contributed by atoms with Crippen molar-refractivity contribution < 1.29 is 13.2 Å². The molecule has 20 heavy (non-hydrogen) atoms. The molecule has 0 fully saturated rings. The van der Waals surface area contributed by atoms with Crippen LogP contribution in [0.25, 0.3) is 0 Å². The Bertz CT molecular complexity index is 619. The lowest BCUT2D eigenvalue weighted by Crippen LogP contribution is -2.10. The van der Waals surface area contributed by atoms with Crippen molar-refractivity contribution in [1.82, 2.24) is 9.97 Å². The normalized spacial score (nSPS) is 11.4. The molecule has 0 saturated heterocycles. The van der Waals surface area contributed by atoms with E-state index in [9.17, 15) is 13.2 Å². The highest BCUT2D eigenvalue weighted by molar-refractivity contribution is 7.98. The van der Waals surface area contributed by atoms with E-state index in [0.717, 1.165) is 11.0 Å². The van der Waals surface area contributed by atoms with Crippen LogP contribution in [0.3, 0.4) is 0 Å². The van der Waals surface area contributed by atoms with Crippen LogP contribution in [0, 0.1) is 0 Å². The van der Waals surface area contributed by atoms with Gasteiger partial charge in [0.15, 0.2) is 5.69 Å². The summed E-state index contributed by atoms with van der Waals surface area (Å²) < 4.78 is 37.9. The van der Waals surface area contributed by atoms with E-state index in [1.807, 2.05) is 12.3 Å². The van der Waals surface area contributed by atoms with Gasteiger partial charge in [-0.15, -0.1) is 11.8 Å². The number of hydrogen-bond acceptors (Lipinski definition) is 4. The van der Waals surface area contributed by atoms with Gasteiger partial charge < -0.3 is 5.32 Å². The van der Waals surface area contributed by atoms with Crippen molar-refractivity contribution in [3.8, 4) is 0 Å². The van der Waals surface area contributed by atoms with Crippen LogP contribution in [-0.4, -0.2) is 16.2 Å². The van der Waals surface area contributed by atoms with Crippen molar-refractivity contribution in [1.29, 1.82) is 0 Å². The first-order valence-electron chi connectivity index (χ1n) is 5.41. The second kappa shape index (κ2) is 5.88. The van der Waals surface area contributed by atoms with E-state index in [2.05, 4.69) is 15.3 Å². The fraction of sp³-hybridized carbons (Fsp3) is 0.167. The van der Waals surface area contributed by atoms with Crippen molar-refractivity contribution in [2.24, 2.45) is 0 Å². The van der Waals surface area contributed by atoms with Gasteiger partial charge in [-0.05, 0) is 36.1 Å². The summed E-state index contributed by atoms with van der Waals surface area (Å²) in [6.07, 6.45) is -2.66. The van der Waals surface area contributed by atoms with Crippen molar-refractivity contribution >= 4 is 34.9 Å². The molecule has 1 heterocycles. The number of benzene rings is 1. The highest BCUT2D eigenvalue weighted by atomic mass is 35.5. The second-order valence-corrected chi connectivity index (χ2v) is 4.98. The van der Waals surface area contributed by atoms with Crippen LogP contribution in [-0.2, 0) is 6.18 Å². The Kier molecular flexibility index (Phi) is 4.39. The minimum Gasteiger partial charge on any atom is -0.340 e. The van der Waals surface area contributed by atoms with Gasteiger partial charge in [0.25, 0.3) is 0 Å². The maximum atomic E-state index is 12.6. The average molecular weight is 320 g/mol. The highest BCUT2D eigenvalue weighted by Crippen LogP contribution is 2.30. The van der Waals surface area contributed by atoms with E-state index in [4.69, 9.17) is 11.6 Å². The molecule has 0 aliphatic heterocycles. The summed E-state index contributed by atoms with van der Waals surface area (Å²) >= 11 is 7.04. The zero-order valence-corrected chi connectivity index (χ0v) is 11.8. The Hall–Kier alpha value is -1.47. The van der Waals surface area contributed by atoms with Gasteiger partial charge in [-0.25, -0.2) is 9.97 Å². The highest BCUT2D eigenvalue weighted by Gasteiger charge is 2.33. The molecule has 8 heteroatoms. The predicted molar refractivity (Wildman–Crippen MR) is 73.5 cm³/mol. The predicted octanol–water partition coefficient (Wildman–Crippen LogP) is 4.61. The summed E-state index contributed by atoms with van der Waals surface area (Å²) in [5.74, 6) is -0.00409. The molecule has 0 aliphatic rings. The van der Waals surface area contributed by atoms with E-state index in [1.54, 1.807) is 18.2 Å². The molecule has 2 rings (SSSR count). The molecule has 0 radical (unpaired) electrons. The fourth-order valence-electron chi connectivity index (χ4n) is 1.48. The van der Waals surface area contributed by atoms with Crippen LogP contribution in [0.1, 0.15) is 5.69 Å². The van der Waals surface area contributed by atoms with Crippen LogP contribution in [0.4, 0.5) is 24.7 Å². The molecule has 0 unspecified atom stereocenters. The first-order chi connectivity index (χ1) is 9.38. The maximum absolute atomic E-state index is 12.6. The van der Waals surface area contributed by atoms with Crippen molar-refractivity contribution in [2.45, 2.75) is 11.1 Å². The Morgan fingerprint density at radius 2 is 1.95 bits per heavy atom. The lowest BCUT2D eigenvalue weighted by atomic mass is 10.3. The minimum absolute atomic E-state index is 0.00409. The SMILES string of the molecule is CSc1cccc(Nc2cc(C(F)(F)F)nc(Cl)n2)c1. The molecule has 0 atom stereocenters. The number of halogens is 4. The van der Waals surface area contributed by atoms with E-state index in [1.165, 1.54) is 11.8 Å². The lowest BCUT2D eigenvalue weighted by molar-refractivity contribution is -0.141. The summed E-state index contributed by atoms with van der Waals surface area (Å²) in [5, 5.41) is 2.33. The van der Waals surface area contributed by atoms with Gasteiger partial charge in [0.2, 0.25) is 5.28 Å². The number of anilines is 2. The number of hydrogen-bond donors (Lipinski definition) is 1. The van der Waals surface area contributed by atoms with Crippen LogP contribution in [0.15, 0.2) is 35.2 Å². The number of nitrogens with one attached hydrogen (secondary N) is 1.